The van der Waals surface area contributed by atoms with Crippen LogP contribution in [-0.4, -0.2) is 47.3 Å². The topological polar surface area (TPSA) is 45.6 Å². The molecule has 22 heavy (non-hydrogen) atoms. The van der Waals surface area contributed by atoms with Crippen molar-refractivity contribution in [2.75, 3.05) is 26.2 Å². The number of likely N-dealkylation sites (tertiary alicyclic amines) is 1. The fraction of sp³-hybridized carbons (Fsp3) is 0.667. The molecule has 0 aliphatic carbocycles. The van der Waals surface area contributed by atoms with Gasteiger partial charge in [-0.15, -0.1) is 0 Å². The molecule has 124 valence electrons. The molecule has 1 aromatic rings. The highest BCUT2D eigenvalue weighted by atomic mass is 19.4. The summed E-state index contributed by atoms with van der Waals surface area (Å²) in [6.45, 7) is 2.87. The van der Waals surface area contributed by atoms with Crippen molar-refractivity contribution in [3.05, 3.63) is 23.9 Å². The lowest BCUT2D eigenvalue weighted by molar-refractivity contribution is -0.137. The average molecular weight is 318 g/mol. The molecular formula is C15H21F3N2O2. The lowest BCUT2D eigenvalue weighted by Crippen LogP contribution is -2.26. The van der Waals surface area contributed by atoms with Crippen LogP contribution < -0.4 is 4.74 Å². The Morgan fingerprint density at radius 3 is 2.73 bits per heavy atom. The summed E-state index contributed by atoms with van der Waals surface area (Å²) in [5.41, 5.74) is -0.767. The minimum atomic E-state index is -4.37. The lowest BCUT2D eigenvalue weighted by Gasteiger charge is -2.16. The Hall–Kier alpha value is -1.34. The van der Waals surface area contributed by atoms with Gasteiger partial charge in [-0.2, -0.15) is 13.2 Å². The van der Waals surface area contributed by atoms with Crippen LogP contribution in [0.2, 0.25) is 0 Å². The fourth-order valence-corrected chi connectivity index (χ4v) is 2.51. The van der Waals surface area contributed by atoms with Crippen LogP contribution in [0.15, 0.2) is 18.3 Å². The summed E-state index contributed by atoms with van der Waals surface area (Å²) in [6, 6.07) is 2.26. The van der Waals surface area contributed by atoms with E-state index in [-0.39, 0.29) is 18.6 Å². The molecule has 1 N–H and O–H groups in total. The van der Waals surface area contributed by atoms with Gasteiger partial charge >= 0.3 is 6.18 Å². The van der Waals surface area contributed by atoms with Crippen molar-refractivity contribution < 1.29 is 23.0 Å². The van der Waals surface area contributed by atoms with E-state index in [1.807, 2.05) is 0 Å². The second-order valence-electron chi connectivity index (χ2n) is 5.50. The van der Waals surface area contributed by atoms with Gasteiger partial charge in [0.25, 0.3) is 0 Å². The summed E-state index contributed by atoms with van der Waals surface area (Å²) in [5, 5.41) is 8.72. The van der Waals surface area contributed by atoms with E-state index in [1.54, 1.807) is 0 Å². The fourth-order valence-electron chi connectivity index (χ4n) is 2.51. The quantitative estimate of drug-likeness (QED) is 0.785. The number of alkyl halides is 3. The molecule has 4 nitrogen and oxygen atoms in total. The maximum atomic E-state index is 12.4. The molecule has 1 saturated heterocycles. The molecule has 0 bridgehead atoms. The highest BCUT2D eigenvalue weighted by Gasteiger charge is 2.31. The molecule has 1 aliphatic rings. The third-order valence-corrected chi connectivity index (χ3v) is 3.71. The summed E-state index contributed by atoms with van der Waals surface area (Å²) in [4.78, 5) is 6.00. The van der Waals surface area contributed by atoms with E-state index in [9.17, 15) is 13.2 Å². The zero-order valence-corrected chi connectivity index (χ0v) is 12.4. The second-order valence-corrected chi connectivity index (χ2v) is 5.50. The second kappa shape index (κ2) is 7.78. The van der Waals surface area contributed by atoms with E-state index in [4.69, 9.17) is 9.84 Å². The minimum Gasteiger partial charge on any atom is -0.473 e. The highest BCUT2D eigenvalue weighted by Crippen LogP contribution is 2.29. The summed E-state index contributed by atoms with van der Waals surface area (Å²) in [5.74, 6) is 0.236. The van der Waals surface area contributed by atoms with Gasteiger partial charge in [-0.25, -0.2) is 4.98 Å². The van der Waals surface area contributed by atoms with Crippen LogP contribution in [0.3, 0.4) is 0 Å². The van der Waals surface area contributed by atoms with Gasteiger partial charge in [0.1, 0.15) is 6.10 Å². The van der Waals surface area contributed by atoms with Gasteiger partial charge in [0.2, 0.25) is 5.88 Å². The van der Waals surface area contributed by atoms with Crippen molar-refractivity contribution in [2.45, 2.75) is 38.0 Å². The van der Waals surface area contributed by atoms with E-state index >= 15 is 0 Å². The Labute approximate surface area is 127 Å². The number of hydrogen-bond donors (Lipinski definition) is 1. The predicted molar refractivity (Wildman–Crippen MR) is 75.6 cm³/mol. The number of pyridine rings is 1. The van der Waals surface area contributed by atoms with Crippen molar-refractivity contribution in [2.24, 2.45) is 0 Å². The highest BCUT2D eigenvalue weighted by molar-refractivity contribution is 5.20. The molecule has 1 fully saturated rings. The van der Waals surface area contributed by atoms with Crippen LogP contribution in [0.4, 0.5) is 13.2 Å². The maximum absolute atomic E-state index is 12.4. The van der Waals surface area contributed by atoms with Crippen LogP contribution in [0.1, 0.15) is 31.2 Å². The Kier molecular flexibility index (Phi) is 6.02. The van der Waals surface area contributed by atoms with Crippen LogP contribution in [0.25, 0.3) is 0 Å². The van der Waals surface area contributed by atoms with Crippen LogP contribution >= 0.6 is 0 Å². The van der Waals surface area contributed by atoms with Gasteiger partial charge in [-0.05, 0) is 38.3 Å². The molecule has 1 atom stereocenters. The number of ether oxygens (including phenoxy) is 1. The number of aliphatic hydroxyl groups excluding tert-OH is 1. The van der Waals surface area contributed by atoms with Crippen molar-refractivity contribution in [3.8, 4) is 5.88 Å². The predicted octanol–water partition coefficient (Wildman–Crippen LogP) is 2.72. The van der Waals surface area contributed by atoms with E-state index < -0.39 is 11.7 Å². The molecule has 2 rings (SSSR count). The molecule has 0 amide bonds. The van der Waals surface area contributed by atoms with Crippen molar-refractivity contribution >= 4 is 0 Å². The Bertz CT molecular complexity index is 451. The number of nitrogens with zero attached hydrogens (tertiary/aromatic N) is 2. The maximum Gasteiger partial charge on any atom is 0.417 e. The monoisotopic (exact) mass is 318 g/mol. The van der Waals surface area contributed by atoms with Crippen molar-refractivity contribution in [1.82, 2.24) is 9.88 Å². The van der Waals surface area contributed by atoms with Crippen LogP contribution in [0, 0.1) is 0 Å². The summed E-state index contributed by atoms with van der Waals surface area (Å²) in [7, 11) is 0. The first-order valence-electron chi connectivity index (χ1n) is 7.52. The summed E-state index contributed by atoms with van der Waals surface area (Å²) < 4.78 is 43.0. The SMILES string of the molecule is OCCCCCN1CCC(Oc2ccc(C(F)(F)F)cn2)C1. The zero-order valence-electron chi connectivity index (χ0n) is 12.4. The van der Waals surface area contributed by atoms with Gasteiger partial charge in [0.05, 0.1) is 5.56 Å². The number of aliphatic hydroxyl groups is 1. The number of hydrogen-bond acceptors (Lipinski definition) is 4. The van der Waals surface area contributed by atoms with Gasteiger partial charge in [-0.3, -0.25) is 4.90 Å². The summed E-state index contributed by atoms with van der Waals surface area (Å²) in [6.07, 6.45) is 0.111. The molecular weight excluding hydrogens is 297 g/mol. The van der Waals surface area contributed by atoms with Crippen molar-refractivity contribution in [3.63, 3.8) is 0 Å². The van der Waals surface area contributed by atoms with E-state index in [2.05, 4.69) is 9.88 Å². The van der Waals surface area contributed by atoms with Gasteiger partial charge < -0.3 is 9.84 Å². The Morgan fingerprint density at radius 2 is 2.09 bits per heavy atom. The van der Waals surface area contributed by atoms with Gasteiger partial charge in [-0.1, -0.05) is 0 Å². The number of halogens is 3. The third kappa shape index (κ3) is 5.14. The molecule has 0 radical (unpaired) electrons. The number of aromatic nitrogens is 1. The Morgan fingerprint density at radius 1 is 1.27 bits per heavy atom. The average Bonchev–Trinajstić information content (AvgIpc) is 2.91. The molecule has 2 heterocycles. The van der Waals surface area contributed by atoms with Crippen LogP contribution in [-0.2, 0) is 6.18 Å². The van der Waals surface area contributed by atoms with E-state index in [0.717, 1.165) is 57.6 Å². The molecule has 1 aromatic heterocycles. The number of unbranched alkanes of at least 4 members (excludes halogenated alkanes) is 2. The van der Waals surface area contributed by atoms with E-state index in [1.165, 1.54) is 6.07 Å². The Balaban J connectivity index is 1.75. The molecule has 0 aromatic carbocycles. The minimum absolute atomic E-state index is 0.0259. The molecule has 1 unspecified atom stereocenters. The zero-order chi connectivity index (χ0) is 16.0. The molecule has 0 saturated carbocycles. The first-order valence-corrected chi connectivity index (χ1v) is 7.52. The van der Waals surface area contributed by atoms with Gasteiger partial charge in [0, 0.05) is 32.0 Å². The van der Waals surface area contributed by atoms with Crippen molar-refractivity contribution in [1.29, 1.82) is 0 Å². The summed E-state index contributed by atoms with van der Waals surface area (Å²) >= 11 is 0. The lowest BCUT2D eigenvalue weighted by atomic mass is 10.2. The largest absolute Gasteiger partial charge is 0.473 e. The smallest absolute Gasteiger partial charge is 0.417 e. The standard InChI is InChI=1S/C15H21F3N2O2/c16-15(17,18)12-4-5-14(19-10-12)22-13-6-8-20(11-13)7-2-1-3-9-21/h4-5,10,13,21H,1-3,6-9,11H2. The molecule has 1 aliphatic heterocycles. The third-order valence-electron chi connectivity index (χ3n) is 3.71. The molecule has 0 spiro atoms. The molecule has 7 heteroatoms. The van der Waals surface area contributed by atoms with Gasteiger partial charge in [0.15, 0.2) is 0 Å². The normalized spacial score (nSPS) is 19.5. The first kappa shape index (κ1) is 17.0. The van der Waals surface area contributed by atoms with E-state index in [0.29, 0.717) is 0 Å². The first-order chi connectivity index (χ1) is 10.5. The number of rotatable bonds is 7. The van der Waals surface area contributed by atoms with Crippen LogP contribution in [0.5, 0.6) is 5.88 Å².